The highest BCUT2D eigenvalue weighted by atomic mass is 19.1. The lowest BCUT2D eigenvalue weighted by Crippen LogP contribution is -2.13. The van der Waals surface area contributed by atoms with Crippen molar-refractivity contribution in [3.8, 4) is 0 Å². The minimum atomic E-state index is -0.708. The second kappa shape index (κ2) is 4.65. The minimum Gasteiger partial charge on any atom is -0.306 e. The lowest BCUT2D eigenvalue weighted by molar-refractivity contribution is 0.102. The second-order valence-corrected chi connectivity index (χ2v) is 3.19. The molecule has 0 saturated heterocycles. The van der Waals surface area contributed by atoms with Crippen LogP contribution in [0.1, 0.15) is 10.4 Å². The Morgan fingerprint density at radius 2 is 2.06 bits per heavy atom. The molecule has 1 N–H and O–H groups in total. The van der Waals surface area contributed by atoms with Crippen LogP contribution in [-0.2, 0) is 0 Å². The number of aromatic nitrogens is 2. The van der Waals surface area contributed by atoms with Gasteiger partial charge in [0.1, 0.15) is 11.6 Å². The summed E-state index contributed by atoms with van der Waals surface area (Å²) in [7, 11) is 0. The van der Waals surface area contributed by atoms with Gasteiger partial charge in [-0.15, -0.1) is 0 Å². The van der Waals surface area contributed by atoms with Crippen LogP contribution < -0.4 is 5.32 Å². The van der Waals surface area contributed by atoms with Crippen LogP contribution in [0.15, 0.2) is 36.7 Å². The van der Waals surface area contributed by atoms with Crippen LogP contribution >= 0.6 is 0 Å². The molecule has 6 heteroatoms. The average molecular weight is 235 g/mol. The number of pyridine rings is 2. The molecule has 0 radical (unpaired) electrons. The molecular formula is C11H7F2N3O. The van der Waals surface area contributed by atoms with Crippen LogP contribution in [0.5, 0.6) is 0 Å². The monoisotopic (exact) mass is 235 g/mol. The van der Waals surface area contributed by atoms with E-state index in [9.17, 15) is 13.6 Å². The lowest BCUT2D eigenvalue weighted by Gasteiger charge is -2.03. The van der Waals surface area contributed by atoms with Crippen molar-refractivity contribution < 1.29 is 13.6 Å². The Balaban J connectivity index is 2.17. The van der Waals surface area contributed by atoms with Gasteiger partial charge in [0.25, 0.3) is 5.91 Å². The molecule has 0 atom stereocenters. The predicted octanol–water partition coefficient (Wildman–Crippen LogP) is 2.01. The molecule has 1 amide bonds. The highest BCUT2D eigenvalue weighted by Gasteiger charge is 2.08. The molecule has 0 aliphatic heterocycles. The van der Waals surface area contributed by atoms with E-state index in [1.807, 2.05) is 0 Å². The summed E-state index contributed by atoms with van der Waals surface area (Å²) in [6, 6.07) is 5.01. The van der Waals surface area contributed by atoms with Gasteiger partial charge in [0.2, 0.25) is 5.95 Å². The number of amides is 1. The lowest BCUT2D eigenvalue weighted by atomic mass is 10.2. The number of anilines is 1. The summed E-state index contributed by atoms with van der Waals surface area (Å²) in [5, 5.41) is 2.33. The summed E-state index contributed by atoms with van der Waals surface area (Å²) in [4.78, 5) is 18.6. The van der Waals surface area contributed by atoms with Gasteiger partial charge in [0, 0.05) is 6.20 Å². The van der Waals surface area contributed by atoms with E-state index in [0.29, 0.717) is 0 Å². The Hall–Kier alpha value is -2.37. The number of hydrogen-bond acceptors (Lipinski definition) is 3. The number of rotatable bonds is 2. The van der Waals surface area contributed by atoms with Crippen molar-refractivity contribution in [2.45, 2.75) is 0 Å². The molecule has 86 valence electrons. The van der Waals surface area contributed by atoms with E-state index >= 15 is 0 Å². The van der Waals surface area contributed by atoms with Crippen LogP contribution in [-0.4, -0.2) is 15.9 Å². The Labute approximate surface area is 95.3 Å². The largest absolute Gasteiger partial charge is 0.306 e. The van der Waals surface area contributed by atoms with Crippen LogP contribution in [0.2, 0.25) is 0 Å². The quantitative estimate of drug-likeness (QED) is 0.810. The van der Waals surface area contributed by atoms with Crippen LogP contribution in [0, 0.1) is 11.8 Å². The molecule has 0 aliphatic carbocycles. The first-order chi connectivity index (χ1) is 8.15. The maximum atomic E-state index is 12.8. The molecule has 0 spiro atoms. The fraction of sp³-hybridized carbons (Fsp3) is 0. The predicted molar refractivity (Wildman–Crippen MR) is 56.3 cm³/mol. The van der Waals surface area contributed by atoms with Gasteiger partial charge < -0.3 is 5.32 Å². The fourth-order valence-electron chi connectivity index (χ4n) is 1.20. The Morgan fingerprint density at radius 3 is 2.76 bits per heavy atom. The SMILES string of the molecule is O=C(Nc1cccc(F)n1)c1cncc(F)c1. The standard InChI is InChI=1S/C11H7F2N3O/c12-8-4-7(5-14-6-8)11(17)16-10-3-1-2-9(13)15-10/h1-6H,(H,15,16,17). The molecule has 2 rings (SSSR count). The van der Waals surface area contributed by atoms with Gasteiger partial charge in [-0.3, -0.25) is 9.78 Å². The summed E-state index contributed by atoms with van der Waals surface area (Å²) in [5.41, 5.74) is 0.0380. The highest BCUT2D eigenvalue weighted by Crippen LogP contribution is 2.07. The molecule has 17 heavy (non-hydrogen) atoms. The van der Waals surface area contributed by atoms with E-state index in [2.05, 4.69) is 15.3 Å². The van der Waals surface area contributed by atoms with Gasteiger partial charge in [-0.25, -0.2) is 9.37 Å². The third-order valence-electron chi connectivity index (χ3n) is 1.92. The van der Waals surface area contributed by atoms with Gasteiger partial charge in [-0.2, -0.15) is 4.39 Å². The number of carbonyl (C=O) groups is 1. The first-order valence-corrected chi connectivity index (χ1v) is 4.69. The van der Waals surface area contributed by atoms with Gasteiger partial charge in [0.05, 0.1) is 11.8 Å². The zero-order chi connectivity index (χ0) is 12.3. The van der Waals surface area contributed by atoms with Crippen molar-refractivity contribution in [2.24, 2.45) is 0 Å². The number of carbonyl (C=O) groups excluding carboxylic acids is 1. The molecule has 0 fully saturated rings. The van der Waals surface area contributed by atoms with Gasteiger partial charge in [0.15, 0.2) is 0 Å². The minimum absolute atomic E-state index is 0.0380. The molecule has 2 aromatic rings. The fourth-order valence-corrected chi connectivity index (χ4v) is 1.20. The number of hydrogen-bond donors (Lipinski definition) is 1. The van der Waals surface area contributed by atoms with Gasteiger partial charge >= 0.3 is 0 Å². The van der Waals surface area contributed by atoms with E-state index in [1.165, 1.54) is 18.3 Å². The van der Waals surface area contributed by atoms with Crippen molar-refractivity contribution in [3.63, 3.8) is 0 Å². The molecular weight excluding hydrogens is 228 g/mol. The Kier molecular flexibility index (Phi) is 3.04. The third-order valence-corrected chi connectivity index (χ3v) is 1.92. The summed E-state index contributed by atoms with van der Waals surface area (Å²) in [6.07, 6.45) is 2.19. The molecule has 2 heterocycles. The van der Waals surface area contributed by atoms with E-state index < -0.39 is 17.7 Å². The summed E-state index contributed by atoms with van der Waals surface area (Å²) in [5.74, 6) is -1.88. The van der Waals surface area contributed by atoms with Crippen LogP contribution in [0.25, 0.3) is 0 Å². The number of halogens is 2. The van der Waals surface area contributed by atoms with Crippen molar-refractivity contribution in [3.05, 3.63) is 54.0 Å². The third kappa shape index (κ3) is 2.81. The van der Waals surface area contributed by atoms with E-state index in [1.54, 1.807) is 0 Å². The topological polar surface area (TPSA) is 54.9 Å². The Morgan fingerprint density at radius 1 is 1.24 bits per heavy atom. The second-order valence-electron chi connectivity index (χ2n) is 3.19. The molecule has 4 nitrogen and oxygen atoms in total. The van der Waals surface area contributed by atoms with E-state index in [4.69, 9.17) is 0 Å². The maximum Gasteiger partial charge on any atom is 0.258 e. The van der Waals surface area contributed by atoms with Gasteiger partial charge in [-0.05, 0) is 18.2 Å². The highest BCUT2D eigenvalue weighted by molar-refractivity contribution is 6.03. The summed E-state index contributed by atoms with van der Waals surface area (Å²) in [6.45, 7) is 0. The zero-order valence-corrected chi connectivity index (χ0v) is 8.52. The summed E-state index contributed by atoms with van der Waals surface area (Å²) >= 11 is 0. The van der Waals surface area contributed by atoms with Crippen molar-refractivity contribution in [2.75, 3.05) is 5.32 Å². The molecule has 0 aliphatic rings. The number of nitrogens with zero attached hydrogens (tertiary/aromatic N) is 2. The van der Waals surface area contributed by atoms with E-state index in [0.717, 1.165) is 18.3 Å². The maximum absolute atomic E-state index is 12.8. The van der Waals surface area contributed by atoms with Crippen molar-refractivity contribution >= 4 is 11.7 Å². The molecule has 0 unspecified atom stereocenters. The van der Waals surface area contributed by atoms with Crippen LogP contribution in [0.4, 0.5) is 14.6 Å². The average Bonchev–Trinajstić information content (AvgIpc) is 2.29. The molecule has 2 aromatic heterocycles. The summed E-state index contributed by atoms with van der Waals surface area (Å²) < 4.78 is 25.6. The molecule has 0 bridgehead atoms. The van der Waals surface area contributed by atoms with Gasteiger partial charge in [-0.1, -0.05) is 6.07 Å². The van der Waals surface area contributed by atoms with Crippen molar-refractivity contribution in [1.82, 2.24) is 9.97 Å². The van der Waals surface area contributed by atoms with Crippen molar-refractivity contribution in [1.29, 1.82) is 0 Å². The normalized spacial score (nSPS) is 10.0. The smallest absolute Gasteiger partial charge is 0.258 e. The molecule has 0 saturated carbocycles. The zero-order valence-electron chi connectivity index (χ0n) is 8.52. The first kappa shape index (κ1) is 11.1. The van der Waals surface area contributed by atoms with E-state index in [-0.39, 0.29) is 11.4 Å². The van der Waals surface area contributed by atoms with Crippen LogP contribution in [0.3, 0.4) is 0 Å². The Bertz CT molecular complexity index is 560. The number of nitrogens with one attached hydrogen (secondary N) is 1. The molecule has 0 aromatic carbocycles. The first-order valence-electron chi connectivity index (χ1n) is 4.69.